The van der Waals surface area contributed by atoms with E-state index in [9.17, 15) is 9.18 Å². The lowest BCUT2D eigenvalue weighted by atomic mass is 9.83. The van der Waals surface area contributed by atoms with Gasteiger partial charge in [-0.2, -0.15) is 12.6 Å². The van der Waals surface area contributed by atoms with E-state index in [1.54, 1.807) is 6.20 Å². The van der Waals surface area contributed by atoms with Crippen LogP contribution in [0.1, 0.15) is 102 Å². The monoisotopic (exact) mass is 480 g/mol. The molecule has 1 saturated carbocycles. The van der Waals surface area contributed by atoms with Gasteiger partial charge in [0.1, 0.15) is 11.6 Å². The summed E-state index contributed by atoms with van der Waals surface area (Å²) >= 11 is 4.68. The van der Waals surface area contributed by atoms with E-state index in [2.05, 4.69) is 23.3 Å². The molecule has 0 radical (unpaired) electrons. The Morgan fingerprint density at radius 3 is 2.39 bits per heavy atom. The van der Waals surface area contributed by atoms with Gasteiger partial charge in [0.05, 0.1) is 5.56 Å². The largest absolute Gasteiger partial charge is 0.386 e. The maximum Gasteiger partial charge on any atom is 0.200 e. The van der Waals surface area contributed by atoms with E-state index in [0.29, 0.717) is 24.1 Å². The number of allylic oxidation sites excluding steroid dienone is 1. The van der Waals surface area contributed by atoms with Crippen LogP contribution in [0, 0.1) is 17.6 Å². The third-order valence-corrected chi connectivity index (χ3v) is 6.74. The van der Waals surface area contributed by atoms with Crippen LogP contribution in [0.15, 0.2) is 35.2 Å². The summed E-state index contributed by atoms with van der Waals surface area (Å²) in [6, 6.07) is 2.85. The Bertz CT molecular complexity index is 858. The third kappa shape index (κ3) is 6.84. The van der Waals surface area contributed by atoms with Gasteiger partial charge in [-0.05, 0) is 45.1 Å². The van der Waals surface area contributed by atoms with Gasteiger partial charge in [0, 0.05) is 46.4 Å². The summed E-state index contributed by atoms with van der Waals surface area (Å²) in [5.74, 6) is -1.97. The first-order valence-corrected chi connectivity index (χ1v) is 12.5. The van der Waals surface area contributed by atoms with Crippen LogP contribution in [0.5, 0.6) is 0 Å². The summed E-state index contributed by atoms with van der Waals surface area (Å²) in [4.78, 5) is 13.3. The highest BCUT2D eigenvalue weighted by atomic mass is 32.1. The third-order valence-electron chi connectivity index (χ3n) is 6.04. The molecular weight excluding hydrogens is 438 g/mol. The van der Waals surface area contributed by atoms with Gasteiger partial charge in [-0.15, -0.1) is 0 Å². The molecule has 1 atom stereocenters. The molecule has 1 aromatic rings. The van der Waals surface area contributed by atoms with Gasteiger partial charge >= 0.3 is 0 Å². The van der Waals surface area contributed by atoms with E-state index in [1.807, 2.05) is 34.6 Å². The molecule has 1 unspecified atom stereocenters. The number of hydrogen-bond donors (Lipinski definition) is 3. The standard InChI is InChI=1S/C24H32F2N2OS.C2H6.CH4/c1-4-20(28-14(2)3)17-12-27-13-18(17)23(29)21-19(25)11-10-16(22(21)26)24(30)15-8-6-5-7-9-15;1-2;/h10-11,13-15,24,27-28,30H,4-9,12H2,1-3H3;1-2H3;1H4/b20-17-;;. The zero-order valence-electron chi connectivity index (χ0n) is 20.0. The fourth-order valence-electron chi connectivity index (χ4n) is 4.50. The minimum atomic E-state index is -0.826. The molecule has 1 heterocycles. The number of halogens is 2. The Hall–Kier alpha value is -1.82. The molecule has 33 heavy (non-hydrogen) atoms. The average Bonchev–Trinajstić information content (AvgIpc) is 3.28. The van der Waals surface area contributed by atoms with Crippen LogP contribution in [-0.2, 0) is 0 Å². The van der Waals surface area contributed by atoms with Crippen LogP contribution in [0.25, 0.3) is 0 Å². The summed E-state index contributed by atoms with van der Waals surface area (Å²) in [7, 11) is 0. The molecule has 1 aliphatic carbocycles. The number of Topliss-reactive ketones (excluding diaryl/α,β-unsaturated/α-hetero) is 1. The lowest BCUT2D eigenvalue weighted by molar-refractivity contribution is 0.102. The molecule has 1 aromatic carbocycles. The van der Waals surface area contributed by atoms with E-state index in [4.69, 9.17) is 0 Å². The Morgan fingerprint density at radius 1 is 1.18 bits per heavy atom. The van der Waals surface area contributed by atoms with Crippen molar-refractivity contribution in [3.8, 4) is 0 Å². The summed E-state index contributed by atoms with van der Waals surface area (Å²) in [5, 5.41) is 6.07. The molecule has 0 saturated heterocycles. The van der Waals surface area contributed by atoms with Crippen molar-refractivity contribution in [3.63, 3.8) is 0 Å². The molecule has 2 N–H and O–H groups in total. The molecule has 186 valence electrons. The van der Waals surface area contributed by atoms with Crippen molar-refractivity contribution in [2.75, 3.05) is 6.54 Å². The Labute approximate surface area is 204 Å². The molecule has 0 spiro atoms. The minimum Gasteiger partial charge on any atom is -0.386 e. The zero-order valence-corrected chi connectivity index (χ0v) is 20.9. The first kappa shape index (κ1) is 29.2. The molecule has 3 nitrogen and oxygen atoms in total. The number of ketones is 1. The molecule has 1 aliphatic heterocycles. The molecular formula is C27H42F2N2OS. The van der Waals surface area contributed by atoms with Gasteiger partial charge in [0.25, 0.3) is 0 Å². The smallest absolute Gasteiger partial charge is 0.200 e. The van der Waals surface area contributed by atoms with Gasteiger partial charge in [-0.25, -0.2) is 8.78 Å². The van der Waals surface area contributed by atoms with E-state index >= 15 is 4.39 Å². The van der Waals surface area contributed by atoms with Gasteiger partial charge in [0.15, 0.2) is 0 Å². The average molecular weight is 481 g/mol. The quantitative estimate of drug-likeness (QED) is 0.279. The molecule has 6 heteroatoms. The second kappa shape index (κ2) is 13.8. The Morgan fingerprint density at radius 2 is 1.82 bits per heavy atom. The maximum absolute atomic E-state index is 15.5. The van der Waals surface area contributed by atoms with Crippen LogP contribution in [0.4, 0.5) is 8.78 Å². The highest BCUT2D eigenvalue weighted by Gasteiger charge is 2.31. The normalized spacial score (nSPS) is 18.4. The first-order chi connectivity index (χ1) is 15.3. The Balaban J connectivity index is 0.00000177. The van der Waals surface area contributed by atoms with E-state index < -0.39 is 23.0 Å². The van der Waals surface area contributed by atoms with E-state index in [1.165, 1.54) is 18.6 Å². The lowest BCUT2D eigenvalue weighted by Crippen LogP contribution is -2.25. The number of thiol groups is 1. The predicted molar refractivity (Wildman–Crippen MR) is 139 cm³/mol. The molecule has 0 bridgehead atoms. The van der Waals surface area contributed by atoms with E-state index in [-0.39, 0.29) is 24.6 Å². The van der Waals surface area contributed by atoms with Crippen LogP contribution in [0.3, 0.4) is 0 Å². The van der Waals surface area contributed by atoms with E-state index in [0.717, 1.165) is 37.0 Å². The van der Waals surface area contributed by atoms with Crippen molar-refractivity contribution in [2.45, 2.75) is 91.9 Å². The second-order valence-electron chi connectivity index (χ2n) is 8.55. The van der Waals surface area contributed by atoms with Crippen LogP contribution in [0.2, 0.25) is 0 Å². The predicted octanol–water partition coefficient (Wildman–Crippen LogP) is 7.51. The van der Waals surface area contributed by atoms with Gasteiger partial charge in [-0.1, -0.05) is 53.5 Å². The highest BCUT2D eigenvalue weighted by molar-refractivity contribution is 7.80. The molecule has 0 aromatic heterocycles. The number of rotatable bonds is 7. The SMILES string of the molecule is C.CC.CC/C(NC(C)C)=C1\CNC=C1C(=O)c1c(F)ccc(C(S)C2CCCCC2)c1F. The van der Waals surface area contributed by atoms with Crippen molar-refractivity contribution in [1.29, 1.82) is 0 Å². The van der Waals surface area contributed by atoms with Crippen molar-refractivity contribution >= 4 is 18.4 Å². The van der Waals surface area contributed by atoms with Crippen molar-refractivity contribution in [1.82, 2.24) is 10.6 Å². The molecule has 2 aliphatic rings. The molecule has 0 amide bonds. The van der Waals surface area contributed by atoms with Gasteiger partial charge in [0.2, 0.25) is 5.78 Å². The second-order valence-corrected chi connectivity index (χ2v) is 9.10. The maximum atomic E-state index is 15.5. The highest BCUT2D eigenvalue weighted by Crippen LogP contribution is 2.40. The number of nitrogens with one attached hydrogen (secondary N) is 2. The topological polar surface area (TPSA) is 41.1 Å². The van der Waals surface area contributed by atoms with Crippen molar-refractivity contribution in [2.24, 2.45) is 5.92 Å². The summed E-state index contributed by atoms with van der Waals surface area (Å²) in [5.41, 5.74) is 1.86. The minimum absolute atomic E-state index is 0. The lowest BCUT2D eigenvalue weighted by Gasteiger charge is -2.28. The molecule has 3 rings (SSSR count). The summed E-state index contributed by atoms with van der Waals surface area (Å²) in [6.45, 7) is 10.5. The number of carbonyl (C=O) groups excluding carboxylic acids is 1. The van der Waals surface area contributed by atoms with Crippen LogP contribution < -0.4 is 10.6 Å². The fraction of sp³-hybridized carbons (Fsp3) is 0.593. The fourth-order valence-corrected chi connectivity index (χ4v) is 5.00. The van der Waals surface area contributed by atoms with Crippen molar-refractivity contribution < 1.29 is 13.6 Å². The molecule has 1 fully saturated rings. The number of benzene rings is 1. The summed E-state index contributed by atoms with van der Waals surface area (Å²) < 4.78 is 30.2. The number of hydrogen-bond acceptors (Lipinski definition) is 4. The van der Waals surface area contributed by atoms with Gasteiger partial charge in [-0.3, -0.25) is 4.79 Å². The summed E-state index contributed by atoms with van der Waals surface area (Å²) in [6.07, 6.45) is 7.63. The van der Waals surface area contributed by atoms with Crippen molar-refractivity contribution in [3.05, 3.63) is 57.9 Å². The zero-order chi connectivity index (χ0) is 23.8. The number of carbonyl (C=O) groups is 1. The first-order valence-electron chi connectivity index (χ1n) is 12.0. The van der Waals surface area contributed by atoms with Gasteiger partial charge < -0.3 is 10.6 Å². The van der Waals surface area contributed by atoms with Crippen LogP contribution in [-0.4, -0.2) is 18.4 Å². The Kier molecular flexibility index (Phi) is 12.2. The van der Waals surface area contributed by atoms with Crippen LogP contribution >= 0.6 is 12.6 Å².